The highest BCUT2D eigenvalue weighted by molar-refractivity contribution is 5.94. The number of aromatic nitrogens is 4. The summed E-state index contributed by atoms with van der Waals surface area (Å²) in [5.41, 5.74) is 0.778. The minimum atomic E-state index is -0.620. The highest BCUT2D eigenvalue weighted by atomic mass is 16.5. The quantitative estimate of drug-likeness (QED) is 0.780. The fourth-order valence-corrected chi connectivity index (χ4v) is 3.12. The van der Waals surface area contributed by atoms with E-state index < -0.39 is 5.54 Å². The molecule has 1 amide bonds. The van der Waals surface area contributed by atoms with Crippen LogP contribution in [0.5, 0.6) is 0 Å². The first kappa shape index (κ1) is 16.4. The maximum absolute atomic E-state index is 12.9. The van der Waals surface area contributed by atoms with E-state index in [1.165, 1.54) is 0 Å². The van der Waals surface area contributed by atoms with Crippen LogP contribution in [0.4, 0.5) is 0 Å². The maximum atomic E-state index is 12.9. The molecule has 0 radical (unpaired) electrons. The highest BCUT2D eigenvalue weighted by Gasteiger charge is 2.39. The van der Waals surface area contributed by atoms with Crippen molar-refractivity contribution in [3.05, 3.63) is 72.6 Å². The molecule has 0 spiro atoms. The minimum Gasteiger partial charge on any atom is -0.381 e. The van der Waals surface area contributed by atoms with Gasteiger partial charge in [-0.3, -0.25) is 4.79 Å². The van der Waals surface area contributed by atoms with Gasteiger partial charge in [0, 0.05) is 44.6 Å². The number of amides is 1. The van der Waals surface area contributed by atoms with Gasteiger partial charge in [0.15, 0.2) is 5.82 Å². The Bertz CT molecular complexity index is 873. The Morgan fingerprint density at radius 2 is 1.81 bits per heavy atom. The summed E-state index contributed by atoms with van der Waals surface area (Å²) in [5, 5.41) is 7.43. The Morgan fingerprint density at radius 1 is 1.08 bits per heavy atom. The second kappa shape index (κ2) is 7.05. The van der Waals surface area contributed by atoms with Crippen molar-refractivity contribution in [3.63, 3.8) is 0 Å². The molecule has 1 N–H and O–H groups in total. The first-order valence-electron chi connectivity index (χ1n) is 8.55. The number of rotatable bonds is 4. The third-order valence-corrected chi connectivity index (χ3v) is 4.56. The van der Waals surface area contributed by atoms with Crippen molar-refractivity contribution in [1.82, 2.24) is 25.1 Å². The van der Waals surface area contributed by atoms with Crippen LogP contribution in [0.15, 0.2) is 61.2 Å². The van der Waals surface area contributed by atoms with E-state index in [1.54, 1.807) is 35.5 Å². The Morgan fingerprint density at radius 3 is 2.54 bits per heavy atom. The van der Waals surface area contributed by atoms with E-state index in [4.69, 9.17) is 4.74 Å². The molecular formula is C19H19N5O2. The predicted octanol–water partition coefficient (Wildman–Crippen LogP) is 2.10. The summed E-state index contributed by atoms with van der Waals surface area (Å²) in [4.78, 5) is 21.6. The number of benzene rings is 1. The number of para-hydroxylation sites is 1. The van der Waals surface area contributed by atoms with Crippen molar-refractivity contribution in [3.8, 4) is 5.69 Å². The minimum absolute atomic E-state index is 0.193. The Hall–Kier alpha value is -3.06. The molecular weight excluding hydrogens is 330 g/mol. The lowest BCUT2D eigenvalue weighted by Gasteiger charge is -2.36. The van der Waals surface area contributed by atoms with Gasteiger partial charge in [0.2, 0.25) is 0 Å². The molecule has 0 atom stereocenters. The van der Waals surface area contributed by atoms with Gasteiger partial charge in [-0.15, -0.1) is 0 Å². The van der Waals surface area contributed by atoms with Crippen LogP contribution in [0.3, 0.4) is 0 Å². The van der Waals surface area contributed by atoms with Crippen molar-refractivity contribution >= 4 is 5.91 Å². The first-order chi connectivity index (χ1) is 12.8. The smallest absolute Gasteiger partial charge is 0.255 e. The monoisotopic (exact) mass is 349 g/mol. The van der Waals surface area contributed by atoms with E-state index in [0.29, 0.717) is 37.4 Å². The van der Waals surface area contributed by atoms with Gasteiger partial charge in [-0.1, -0.05) is 18.2 Å². The Labute approximate surface area is 151 Å². The van der Waals surface area contributed by atoms with Crippen LogP contribution in [0, 0.1) is 0 Å². The molecule has 0 saturated carbocycles. The fraction of sp³-hybridized carbons (Fsp3) is 0.263. The van der Waals surface area contributed by atoms with E-state index in [9.17, 15) is 4.79 Å². The lowest BCUT2D eigenvalue weighted by Crippen LogP contribution is -2.50. The molecule has 132 valence electrons. The molecule has 3 aromatic rings. The number of carbonyl (C=O) groups excluding carboxylic acids is 1. The molecule has 2 aromatic heterocycles. The summed E-state index contributed by atoms with van der Waals surface area (Å²) in [6.45, 7) is 1.11. The molecule has 1 aliphatic rings. The van der Waals surface area contributed by atoms with Gasteiger partial charge in [0.25, 0.3) is 5.91 Å². The Kier molecular flexibility index (Phi) is 4.45. The van der Waals surface area contributed by atoms with E-state index in [1.807, 2.05) is 30.3 Å². The summed E-state index contributed by atoms with van der Waals surface area (Å²) in [6, 6.07) is 11.4. The molecule has 1 saturated heterocycles. The van der Waals surface area contributed by atoms with Crippen LogP contribution in [0.2, 0.25) is 0 Å². The maximum Gasteiger partial charge on any atom is 0.255 e. The molecule has 1 fully saturated rings. The molecule has 7 heteroatoms. The number of ether oxygens (including phenoxy) is 1. The van der Waals surface area contributed by atoms with Gasteiger partial charge >= 0.3 is 0 Å². The number of hydrogen-bond acceptors (Lipinski definition) is 5. The first-order valence-corrected chi connectivity index (χ1v) is 8.55. The average molecular weight is 349 g/mol. The molecule has 26 heavy (non-hydrogen) atoms. The second-order valence-electron chi connectivity index (χ2n) is 6.23. The summed E-state index contributed by atoms with van der Waals surface area (Å²) >= 11 is 0. The van der Waals surface area contributed by atoms with Gasteiger partial charge in [0.05, 0.1) is 17.4 Å². The largest absolute Gasteiger partial charge is 0.381 e. The van der Waals surface area contributed by atoms with E-state index >= 15 is 0 Å². The zero-order valence-electron chi connectivity index (χ0n) is 14.2. The van der Waals surface area contributed by atoms with E-state index in [-0.39, 0.29) is 5.91 Å². The summed E-state index contributed by atoms with van der Waals surface area (Å²) in [7, 11) is 0. The second-order valence-corrected chi connectivity index (χ2v) is 6.23. The van der Waals surface area contributed by atoms with E-state index in [0.717, 1.165) is 5.69 Å². The van der Waals surface area contributed by atoms with Gasteiger partial charge in [-0.2, -0.15) is 5.10 Å². The van der Waals surface area contributed by atoms with Crippen molar-refractivity contribution < 1.29 is 9.53 Å². The van der Waals surface area contributed by atoms with Crippen LogP contribution < -0.4 is 5.32 Å². The zero-order valence-corrected chi connectivity index (χ0v) is 14.2. The third kappa shape index (κ3) is 3.21. The summed E-state index contributed by atoms with van der Waals surface area (Å²) in [6.07, 6.45) is 7.95. The van der Waals surface area contributed by atoms with Crippen molar-refractivity contribution in [2.75, 3.05) is 13.2 Å². The third-order valence-electron chi connectivity index (χ3n) is 4.56. The molecule has 1 aromatic carbocycles. The highest BCUT2D eigenvalue weighted by Crippen LogP contribution is 2.30. The predicted molar refractivity (Wildman–Crippen MR) is 94.8 cm³/mol. The van der Waals surface area contributed by atoms with Gasteiger partial charge in [-0.05, 0) is 18.2 Å². The molecule has 3 heterocycles. The van der Waals surface area contributed by atoms with Gasteiger partial charge in [-0.25, -0.2) is 14.6 Å². The van der Waals surface area contributed by atoms with Gasteiger partial charge < -0.3 is 10.1 Å². The normalized spacial score (nSPS) is 16.2. The van der Waals surface area contributed by atoms with Crippen molar-refractivity contribution in [2.45, 2.75) is 18.4 Å². The van der Waals surface area contributed by atoms with Crippen molar-refractivity contribution in [2.24, 2.45) is 0 Å². The molecule has 0 bridgehead atoms. The summed E-state index contributed by atoms with van der Waals surface area (Å²) in [5.74, 6) is 0.425. The van der Waals surface area contributed by atoms with Crippen LogP contribution in [-0.4, -0.2) is 38.9 Å². The molecule has 7 nitrogen and oxygen atoms in total. The number of carbonyl (C=O) groups is 1. The molecule has 0 unspecified atom stereocenters. The molecule has 0 aliphatic carbocycles. The average Bonchev–Trinajstić information content (AvgIpc) is 3.21. The fourth-order valence-electron chi connectivity index (χ4n) is 3.12. The van der Waals surface area contributed by atoms with E-state index in [2.05, 4.69) is 20.4 Å². The Balaban J connectivity index is 1.59. The van der Waals surface area contributed by atoms with Crippen molar-refractivity contribution in [1.29, 1.82) is 0 Å². The topological polar surface area (TPSA) is 81.9 Å². The van der Waals surface area contributed by atoms with Gasteiger partial charge in [0.1, 0.15) is 5.54 Å². The van der Waals surface area contributed by atoms with Crippen LogP contribution in [0.1, 0.15) is 29.0 Å². The summed E-state index contributed by atoms with van der Waals surface area (Å²) < 4.78 is 7.16. The zero-order chi connectivity index (χ0) is 17.8. The number of nitrogens with zero attached hydrogens (tertiary/aromatic N) is 4. The lowest BCUT2D eigenvalue weighted by molar-refractivity contribution is 0.0313. The van der Waals surface area contributed by atoms with Crippen LogP contribution >= 0.6 is 0 Å². The molecule has 4 rings (SSSR count). The van der Waals surface area contributed by atoms with Crippen LogP contribution in [-0.2, 0) is 10.3 Å². The standard InChI is InChI=1S/C19H19N5O2/c25-17(15-13-22-24(14-15)16-5-2-1-3-6-16)23-19(7-11-26-12-8-19)18-20-9-4-10-21-18/h1-6,9-10,13-14H,7-8,11-12H2,(H,23,25). The lowest BCUT2D eigenvalue weighted by atomic mass is 9.88. The SMILES string of the molecule is O=C(NC1(c2ncccn2)CCOCC1)c1cnn(-c2ccccc2)c1. The number of nitrogens with one attached hydrogen (secondary N) is 1. The molecule has 1 aliphatic heterocycles. The number of hydrogen-bond donors (Lipinski definition) is 1. The van der Waals surface area contributed by atoms with Crippen LogP contribution in [0.25, 0.3) is 5.69 Å².